The average Bonchev–Trinajstić information content (AvgIpc) is 1.83. The molecule has 0 radical (unpaired) electrons. The minimum Gasteiger partial charge on any atom is -0.376 e. The fourth-order valence-corrected chi connectivity index (χ4v) is 0.372. The van der Waals surface area contributed by atoms with Crippen molar-refractivity contribution in [3.05, 3.63) is 0 Å². The van der Waals surface area contributed by atoms with Crippen molar-refractivity contribution in [3.8, 4) is 6.19 Å². The van der Waals surface area contributed by atoms with E-state index in [1.54, 1.807) is 13.2 Å². The number of aliphatic imine (C=N–C) groups is 1. The largest absolute Gasteiger partial charge is 0.376 e. The van der Waals surface area contributed by atoms with Crippen LogP contribution in [-0.4, -0.2) is 12.9 Å². The first kappa shape index (κ1) is 6.96. The van der Waals surface area contributed by atoms with Crippen molar-refractivity contribution in [1.29, 1.82) is 5.26 Å². The number of hydrogen-bond acceptors (Lipinski definition) is 2. The molecule has 0 aromatic heterocycles. The number of amidine groups is 1. The lowest BCUT2D eigenvalue weighted by molar-refractivity contribution is 1.08. The molecule has 3 nitrogen and oxygen atoms in total. The summed E-state index contributed by atoms with van der Waals surface area (Å²) < 4.78 is 0. The third-order valence-electron chi connectivity index (χ3n) is 0.808. The molecule has 0 heterocycles. The third-order valence-corrected chi connectivity index (χ3v) is 0.808. The Morgan fingerprint density at radius 2 is 2.50 bits per heavy atom. The SMILES string of the molecule is CC/C(=N\C#N)NC. The molecule has 1 N–H and O–H groups in total. The van der Waals surface area contributed by atoms with Gasteiger partial charge < -0.3 is 5.32 Å². The standard InChI is InChI=1S/C5H9N3/c1-3-5(7-2)8-4-6/h3H2,1-2H3,(H,7,8). The smallest absolute Gasteiger partial charge is 0.207 e. The predicted octanol–water partition coefficient (Wildman–Crippen LogP) is 0.495. The van der Waals surface area contributed by atoms with E-state index in [-0.39, 0.29) is 0 Å². The zero-order valence-corrected chi connectivity index (χ0v) is 5.10. The monoisotopic (exact) mass is 111 g/mol. The molecular formula is C5H9N3. The molecule has 0 saturated heterocycles. The molecule has 44 valence electrons. The fourth-order valence-electron chi connectivity index (χ4n) is 0.372. The van der Waals surface area contributed by atoms with Crippen LogP contribution in [0.3, 0.4) is 0 Å². The lowest BCUT2D eigenvalue weighted by Crippen LogP contribution is -2.16. The van der Waals surface area contributed by atoms with Crippen LogP contribution in [0.15, 0.2) is 4.99 Å². The van der Waals surface area contributed by atoms with Crippen molar-refractivity contribution in [3.63, 3.8) is 0 Å². The van der Waals surface area contributed by atoms with Crippen LogP contribution in [0.1, 0.15) is 13.3 Å². The molecule has 0 bridgehead atoms. The van der Waals surface area contributed by atoms with Gasteiger partial charge in [-0.25, -0.2) is 0 Å². The third kappa shape index (κ3) is 2.19. The zero-order valence-electron chi connectivity index (χ0n) is 5.10. The molecule has 0 amide bonds. The van der Waals surface area contributed by atoms with Crippen LogP contribution in [0.4, 0.5) is 0 Å². The highest BCUT2D eigenvalue weighted by Gasteiger charge is 1.85. The van der Waals surface area contributed by atoms with Crippen molar-refractivity contribution < 1.29 is 0 Å². The molecule has 0 aromatic rings. The van der Waals surface area contributed by atoms with Gasteiger partial charge in [-0.2, -0.15) is 10.3 Å². The van der Waals surface area contributed by atoms with Crippen molar-refractivity contribution in [2.24, 2.45) is 4.99 Å². The Labute approximate surface area is 49.0 Å². The summed E-state index contributed by atoms with van der Waals surface area (Å²) in [6.07, 6.45) is 2.48. The van der Waals surface area contributed by atoms with E-state index < -0.39 is 0 Å². The molecule has 0 spiro atoms. The van der Waals surface area contributed by atoms with Gasteiger partial charge in [0.05, 0.1) is 0 Å². The summed E-state index contributed by atoms with van der Waals surface area (Å²) in [5.41, 5.74) is 0. The minimum absolute atomic E-state index is 0.729. The van der Waals surface area contributed by atoms with Gasteiger partial charge in [-0.05, 0) is 0 Å². The lowest BCUT2D eigenvalue weighted by atomic mass is 10.4. The second-order valence-corrected chi connectivity index (χ2v) is 1.26. The van der Waals surface area contributed by atoms with Gasteiger partial charge in [-0.3, -0.25) is 0 Å². The topological polar surface area (TPSA) is 48.2 Å². The molecule has 0 rings (SSSR count). The van der Waals surface area contributed by atoms with Crippen molar-refractivity contribution in [1.82, 2.24) is 5.32 Å². The fraction of sp³-hybridized carbons (Fsp3) is 0.600. The molecule has 8 heavy (non-hydrogen) atoms. The highest BCUT2D eigenvalue weighted by atomic mass is 15.0. The first-order valence-corrected chi connectivity index (χ1v) is 2.48. The summed E-state index contributed by atoms with van der Waals surface area (Å²) in [5, 5.41) is 10.8. The Morgan fingerprint density at radius 1 is 1.88 bits per heavy atom. The maximum Gasteiger partial charge on any atom is 0.207 e. The van der Waals surface area contributed by atoms with E-state index in [9.17, 15) is 0 Å². The second-order valence-electron chi connectivity index (χ2n) is 1.26. The number of rotatable bonds is 1. The van der Waals surface area contributed by atoms with Crippen molar-refractivity contribution in [2.45, 2.75) is 13.3 Å². The van der Waals surface area contributed by atoms with E-state index >= 15 is 0 Å². The Balaban J connectivity index is 3.72. The minimum atomic E-state index is 0.729. The molecule has 0 atom stereocenters. The molecule has 0 fully saturated rings. The van der Waals surface area contributed by atoms with Crippen LogP contribution < -0.4 is 5.32 Å². The summed E-state index contributed by atoms with van der Waals surface area (Å²) >= 11 is 0. The van der Waals surface area contributed by atoms with Gasteiger partial charge in [0, 0.05) is 13.5 Å². The zero-order chi connectivity index (χ0) is 6.41. The van der Waals surface area contributed by atoms with E-state index in [4.69, 9.17) is 5.26 Å². The Bertz CT molecular complexity index is 114. The van der Waals surface area contributed by atoms with E-state index in [1.807, 2.05) is 6.92 Å². The van der Waals surface area contributed by atoms with E-state index in [2.05, 4.69) is 10.3 Å². The van der Waals surface area contributed by atoms with Crippen molar-refractivity contribution >= 4 is 5.84 Å². The molecule has 0 aliphatic heterocycles. The van der Waals surface area contributed by atoms with Crippen LogP contribution in [-0.2, 0) is 0 Å². The average molecular weight is 111 g/mol. The summed E-state index contributed by atoms with van der Waals surface area (Å²) in [5.74, 6) is 0.729. The number of hydrogen-bond donors (Lipinski definition) is 1. The molecule has 0 aliphatic carbocycles. The molecule has 0 aliphatic rings. The highest BCUT2D eigenvalue weighted by molar-refractivity contribution is 5.82. The molecule has 0 aromatic carbocycles. The van der Waals surface area contributed by atoms with Crippen LogP contribution in [0.25, 0.3) is 0 Å². The highest BCUT2D eigenvalue weighted by Crippen LogP contribution is 1.77. The summed E-state index contributed by atoms with van der Waals surface area (Å²) in [6.45, 7) is 1.94. The molecular weight excluding hydrogens is 102 g/mol. The van der Waals surface area contributed by atoms with Gasteiger partial charge >= 0.3 is 0 Å². The number of nitrogens with zero attached hydrogens (tertiary/aromatic N) is 2. The van der Waals surface area contributed by atoms with Crippen molar-refractivity contribution in [2.75, 3.05) is 7.05 Å². The Kier molecular flexibility index (Phi) is 3.59. The van der Waals surface area contributed by atoms with Crippen LogP contribution in [0.5, 0.6) is 0 Å². The maximum absolute atomic E-state index is 8.02. The number of nitrogens with one attached hydrogen (secondary N) is 1. The molecule has 0 saturated carbocycles. The van der Waals surface area contributed by atoms with Gasteiger partial charge in [-0.15, -0.1) is 0 Å². The number of nitriles is 1. The Hall–Kier alpha value is -1.04. The predicted molar refractivity (Wildman–Crippen MR) is 32.4 cm³/mol. The van der Waals surface area contributed by atoms with Crippen LogP contribution in [0.2, 0.25) is 0 Å². The van der Waals surface area contributed by atoms with Gasteiger partial charge in [0.2, 0.25) is 6.19 Å². The van der Waals surface area contributed by atoms with Crippen LogP contribution in [0, 0.1) is 11.5 Å². The summed E-state index contributed by atoms with van der Waals surface area (Å²) in [7, 11) is 1.75. The second kappa shape index (κ2) is 4.13. The van der Waals surface area contributed by atoms with Gasteiger partial charge in [0.1, 0.15) is 5.84 Å². The first-order valence-electron chi connectivity index (χ1n) is 2.48. The Morgan fingerprint density at radius 3 is 2.62 bits per heavy atom. The van der Waals surface area contributed by atoms with Gasteiger partial charge in [0.25, 0.3) is 0 Å². The van der Waals surface area contributed by atoms with Gasteiger partial charge in [-0.1, -0.05) is 6.92 Å². The quantitative estimate of drug-likeness (QED) is 0.304. The lowest BCUT2D eigenvalue weighted by Gasteiger charge is -1.94. The normalized spacial score (nSPS) is 10.4. The van der Waals surface area contributed by atoms with Crippen LogP contribution >= 0.6 is 0 Å². The molecule has 0 unspecified atom stereocenters. The van der Waals surface area contributed by atoms with E-state index in [0.717, 1.165) is 12.3 Å². The van der Waals surface area contributed by atoms with Gasteiger partial charge in [0.15, 0.2) is 0 Å². The maximum atomic E-state index is 8.02. The summed E-state index contributed by atoms with van der Waals surface area (Å²) in [4.78, 5) is 3.47. The summed E-state index contributed by atoms with van der Waals surface area (Å²) in [6, 6.07) is 0. The van der Waals surface area contributed by atoms with E-state index in [1.165, 1.54) is 0 Å². The molecule has 3 heteroatoms. The van der Waals surface area contributed by atoms with E-state index in [0.29, 0.717) is 0 Å². The first-order chi connectivity index (χ1) is 3.85.